The molecule has 0 heterocycles. The van der Waals surface area contributed by atoms with Crippen molar-refractivity contribution in [3.63, 3.8) is 0 Å². The lowest BCUT2D eigenvalue weighted by molar-refractivity contribution is 0.191. The summed E-state index contributed by atoms with van der Waals surface area (Å²) in [6, 6.07) is 10.1. The molecule has 0 aliphatic heterocycles. The second-order valence-corrected chi connectivity index (χ2v) is 6.59. The highest BCUT2D eigenvalue weighted by atomic mass is 79.9. The van der Waals surface area contributed by atoms with Gasteiger partial charge in [0.1, 0.15) is 12.4 Å². The maximum absolute atomic E-state index is 13.0. The van der Waals surface area contributed by atoms with E-state index in [0.29, 0.717) is 37.8 Å². The van der Waals surface area contributed by atoms with E-state index in [0.717, 1.165) is 15.6 Å². The Labute approximate surface area is 168 Å². The van der Waals surface area contributed by atoms with Crippen molar-refractivity contribution in [1.82, 2.24) is 5.32 Å². The van der Waals surface area contributed by atoms with Crippen LogP contribution < -0.4 is 14.8 Å². The Morgan fingerprint density at radius 1 is 1.15 bits per heavy atom. The summed E-state index contributed by atoms with van der Waals surface area (Å²) in [5.74, 6) is 0.993. The summed E-state index contributed by atoms with van der Waals surface area (Å²) in [7, 11) is 0. The third kappa shape index (κ3) is 7.11. The molecule has 0 saturated carbocycles. The lowest BCUT2D eigenvalue weighted by atomic mass is 10.2. The van der Waals surface area contributed by atoms with Crippen molar-refractivity contribution in [3.8, 4) is 11.5 Å². The van der Waals surface area contributed by atoms with Crippen molar-refractivity contribution in [2.75, 3.05) is 13.2 Å². The number of rotatable bonds is 9. The van der Waals surface area contributed by atoms with Gasteiger partial charge in [0, 0.05) is 13.1 Å². The highest BCUT2D eigenvalue weighted by Crippen LogP contribution is 2.37. The molecule has 0 bridgehead atoms. The van der Waals surface area contributed by atoms with Gasteiger partial charge in [-0.25, -0.2) is 4.39 Å². The molecule has 0 aliphatic rings. The molecule has 144 valence electrons. The van der Waals surface area contributed by atoms with Crippen LogP contribution in [0.2, 0.25) is 0 Å². The average Bonchev–Trinajstić information content (AvgIpc) is 2.55. The molecule has 2 rings (SSSR count). The number of aliphatic hydroxyl groups is 1. The topological polar surface area (TPSA) is 50.7 Å². The Kier molecular flexibility index (Phi) is 9.94. The molecule has 0 aromatic heterocycles. The molecule has 4 nitrogen and oxygen atoms in total. The summed E-state index contributed by atoms with van der Waals surface area (Å²) in [6.07, 6.45) is -0.395. The Balaban J connectivity index is 0.00000338. The van der Waals surface area contributed by atoms with Gasteiger partial charge >= 0.3 is 0 Å². The first-order valence-corrected chi connectivity index (χ1v) is 9.00. The second-order valence-electron chi connectivity index (χ2n) is 5.73. The van der Waals surface area contributed by atoms with Crippen molar-refractivity contribution in [1.29, 1.82) is 0 Å². The third-order valence-electron chi connectivity index (χ3n) is 3.43. The molecular formula is C19H24BrClFNO3. The van der Waals surface area contributed by atoms with Crippen LogP contribution in [0.4, 0.5) is 4.39 Å². The van der Waals surface area contributed by atoms with Gasteiger partial charge in [-0.1, -0.05) is 12.1 Å². The third-order valence-corrected chi connectivity index (χ3v) is 4.02. The minimum absolute atomic E-state index is 0. The largest absolute Gasteiger partial charge is 0.490 e. The van der Waals surface area contributed by atoms with Crippen molar-refractivity contribution < 1.29 is 19.0 Å². The smallest absolute Gasteiger partial charge is 0.175 e. The zero-order chi connectivity index (χ0) is 18.2. The van der Waals surface area contributed by atoms with Crippen molar-refractivity contribution in [3.05, 3.63) is 57.8 Å². The van der Waals surface area contributed by atoms with Gasteiger partial charge in [0.15, 0.2) is 11.5 Å². The molecule has 2 aromatic rings. The van der Waals surface area contributed by atoms with E-state index in [-0.39, 0.29) is 18.2 Å². The Morgan fingerprint density at radius 2 is 1.85 bits per heavy atom. The molecule has 7 heteroatoms. The summed E-state index contributed by atoms with van der Waals surface area (Å²) in [5.41, 5.74) is 1.89. The van der Waals surface area contributed by atoms with Crippen LogP contribution in [-0.2, 0) is 13.2 Å². The van der Waals surface area contributed by atoms with Crippen molar-refractivity contribution >= 4 is 28.3 Å². The zero-order valence-corrected chi connectivity index (χ0v) is 17.2. The van der Waals surface area contributed by atoms with E-state index < -0.39 is 6.10 Å². The molecule has 0 saturated heterocycles. The maximum atomic E-state index is 13.0. The van der Waals surface area contributed by atoms with Crippen LogP contribution in [0.3, 0.4) is 0 Å². The zero-order valence-electron chi connectivity index (χ0n) is 14.8. The van der Waals surface area contributed by atoms with E-state index in [9.17, 15) is 9.50 Å². The van der Waals surface area contributed by atoms with Gasteiger partial charge < -0.3 is 19.9 Å². The fraction of sp³-hybridized carbons (Fsp3) is 0.368. The number of nitrogens with one attached hydrogen (secondary N) is 1. The summed E-state index contributed by atoms with van der Waals surface area (Å²) < 4.78 is 25.4. The number of hydrogen-bond donors (Lipinski definition) is 2. The van der Waals surface area contributed by atoms with E-state index >= 15 is 0 Å². The quantitative estimate of drug-likeness (QED) is 0.595. The number of aliphatic hydroxyl groups excluding tert-OH is 1. The van der Waals surface area contributed by atoms with Gasteiger partial charge in [-0.3, -0.25) is 0 Å². The van der Waals surface area contributed by atoms with Crippen molar-refractivity contribution in [2.45, 2.75) is 33.1 Å². The summed E-state index contributed by atoms with van der Waals surface area (Å²) in [4.78, 5) is 0. The van der Waals surface area contributed by atoms with E-state index in [1.807, 2.05) is 19.1 Å². The minimum Gasteiger partial charge on any atom is -0.490 e. The van der Waals surface area contributed by atoms with Crippen LogP contribution >= 0.6 is 28.3 Å². The minimum atomic E-state index is -0.395. The SMILES string of the molecule is CCOc1cc(CNCC(C)O)cc(Br)c1OCc1ccc(F)cc1.Cl. The molecule has 1 atom stereocenters. The van der Waals surface area contributed by atoms with Crippen LogP contribution in [0.15, 0.2) is 40.9 Å². The molecule has 0 aliphatic carbocycles. The lowest BCUT2D eigenvalue weighted by Gasteiger charge is -2.16. The first-order valence-electron chi connectivity index (χ1n) is 8.20. The van der Waals surface area contributed by atoms with Gasteiger partial charge in [0.05, 0.1) is 17.2 Å². The van der Waals surface area contributed by atoms with Gasteiger partial charge in [0.25, 0.3) is 0 Å². The molecule has 0 fully saturated rings. The molecule has 26 heavy (non-hydrogen) atoms. The molecule has 0 spiro atoms. The van der Waals surface area contributed by atoms with Crippen LogP contribution in [-0.4, -0.2) is 24.4 Å². The molecular weight excluding hydrogens is 425 g/mol. The highest BCUT2D eigenvalue weighted by Gasteiger charge is 2.13. The van der Waals surface area contributed by atoms with E-state index in [2.05, 4.69) is 21.2 Å². The predicted octanol–water partition coefficient (Wildman–Crippen LogP) is 4.46. The monoisotopic (exact) mass is 447 g/mol. The molecule has 0 radical (unpaired) electrons. The normalized spacial score (nSPS) is 11.6. The Bertz CT molecular complexity index is 683. The Morgan fingerprint density at radius 3 is 2.46 bits per heavy atom. The maximum Gasteiger partial charge on any atom is 0.175 e. The number of hydrogen-bond acceptors (Lipinski definition) is 4. The average molecular weight is 449 g/mol. The highest BCUT2D eigenvalue weighted by molar-refractivity contribution is 9.10. The summed E-state index contributed by atoms with van der Waals surface area (Å²) in [5, 5.41) is 12.5. The Hall–Kier alpha value is -1.34. The molecule has 2 aromatic carbocycles. The number of ether oxygens (including phenoxy) is 2. The first kappa shape index (κ1) is 22.7. The lowest BCUT2D eigenvalue weighted by Crippen LogP contribution is -2.23. The van der Waals surface area contributed by atoms with E-state index in [1.54, 1.807) is 19.1 Å². The van der Waals surface area contributed by atoms with E-state index in [1.165, 1.54) is 12.1 Å². The molecule has 1 unspecified atom stereocenters. The van der Waals surface area contributed by atoms with Gasteiger partial charge in [-0.05, 0) is 65.2 Å². The predicted molar refractivity (Wildman–Crippen MR) is 107 cm³/mol. The van der Waals surface area contributed by atoms with Gasteiger partial charge in [-0.2, -0.15) is 0 Å². The van der Waals surface area contributed by atoms with Crippen LogP contribution in [0, 0.1) is 5.82 Å². The van der Waals surface area contributed by atoms with Crippen molar-refractivity contribution in [2.24, 2.45) is 0 Å². The van der Waals surface area contributed by atoms with E-state index in [4.69, 9.17) is 9.47 Å². The number of benzene rings is 2. The first-order chi connectivity index (χ1) is 12.0. The van der Waals surface area contributed by atoms with Gasteiger partial charge in [0.2, 0.25) is 0 Å². The van der Waals surface area contributed by atoms with Gasteiger partial charge in [-0.15, -0.1) is 12.4 Å². The molecule has 2 N–H and O–H groups in total. The standard InChI is InChI=1S/C19H23BrFNO3.ClH/c1-3-24-18-9-15(11-22-10-13(2)23)8-17(20)19(18)25-12-14-4-6-16(21)7-5-14;/h4-9,13,22-23H,3,10-12H2,1-2H3;1H. The van der Waals surface area contributed by atoms with Crippen LogP contribution in [0.5, 0.6) is 11.5 Å². The fourth-order valence-corrected chi connectivity index (χ4v) is 2.89. The van der Waals surface area contributed by atoms with Crippen LogP contribution in [0.1, 0.15) is 25.0 Å². The number of halogens is 3. The summed E-state index contributed by atoms with van der Waals surface area (Å²) in [6.45, 7) is 5.62. The fourth-order valence-electron chi connectivity index (χ4n) is 2.29. The van der Waals surface area contributed by atoms with Crippen LogP contribution in [0.25, 0.3) is 0 Å². The summed E-state index contributed by atoms with van der Waals surface area (Å²) >= 11 is 3.53. The second kappa shape index (κ2) is 11.4. The molecule has 0 amide bonds.